The molecule has 0 saturated heterocycles. The Morgan fingerprint density at radius 3 is 2.27 bits per heavy atom. The van der Waals surface area contributed by atoms with Gasteiger partial charge in [-0.15, -0.1) is 0 Å². The summed E-state index contributed by atoms with van der Waals surface area (Å²) in [6.45, 7) is 0.679. The van der Waals surface area contributed by atoms with Crippen molar-refractivity contribution < 1.29 is 28.7 Å². The van der Waals surface area contributed by atoms with E-state index in [2.05, 4.69) is 10.6 Å². The van der Waals surface area contributed by atoms with Crippen molar-refractivity contribution in [2.75, 3.05) is 6.54 Å². The SMILES string of the molecule is CC(OC(=O)CN1C(=O)c2ccccc2C1=O)C(=O)NC(=O)NC1CC1. The van der Waals surface area contributed by atoms with E-state index in [4.69, 9.17) is 4.74 Å². The highest BCUT2D eigenvalue weighted by atomic mass is 16.5. The number of esters is 1. The third kappa shape index (κ3) is 3.71. The normalized spacial score (nSPS) is 16.7. The Bertz CT molecular complexity index is 766. The van der Waals surface area contributed by atoms with Crippen LogP contribution in [-0.2, 0) is 14.3 Å². The molecule has 26 heavy (non-hydrogen) atoms. The van der Waals surface area contributed by atoms with Gasteiger partial charge in [-0.25, -0.2) is 4.79 Å². The summed E-state index contributed by atoms with van der Waals surface area (Å²) >= 11 is 0. The van der Waals surface area contributed by atoms with Crippen molar-refractivity contribution in [3.05, 3.63) is 35.4 Å². The molecule has 9 nitrogen and oxygen atoms in total. The van der Waals surface area contributed by atoms with Crippen molar-refractivity contribution in [3.8, 4) is 0 Å². The fourth-order valence-electron chi connectivity index (χ4n) is 2.46. The molecule has 1 unspecified atom stereocenters. The molecule has 0 radical (unpaired) electrons. The summed E-state index contributed by atoms with van der Waals surface area (Å²) in [6.07, 6.45) is 0.487. The topological polar surface area (TPSA) is 122 Å². The largest absolute Gasteiger partial charge is 0.451 e. The Hall–Kier alpha value is -3.23. The van der Waals surface area contributed by atoms with Crippen LogP contribution in [0.5, 0.6) is 0 Å². The number of amides is 5. The quantitative estimate of drug-likeness (QED) is 0.572. The van der Waals surface area contributed by atoms with E-state index < -0.39 is 42.4 Å². The van der Waals surface area contributed by atoms with Gasteiger partial charge in [-0.3, -0.25) is 29.4 Å². The van der Waals surface area contributed by atoms with E-state index in [1.54, 1.807) is 12.1 Å². The molecule has 1 aromatic rings. The van der Waals surface area contributed by atoms with Crippen LogP contribution in [0.1, 0.15) is 40.5 Å². The lowest BCUT2D eigenvalue weighted by molar-refractivity contribution is -0.154. The van der Waals surface area contributed by atoms with Crippen LogP contribution in [0.25, 0.3) is 0 Å². The zero-order valence-corrected chi connectivity index (χ0v) is 14.0. The van der Waals surface area contributed by atoms with E-state index in [1.165, 1.54) is 19.1 Å². The second-order valence-electron chi connectivity index (χ2n) is 6.11. The summed E-state index contributed by atoms with van der Waals surface area (Å²) in [7, 11) is 0. The zero-order valence-electron chi connectivity index (χ0n) is 14.0. The minimum absolute atomic E-state index is 0.0782. The number of fused-ring (bicyclic) bond motifs is 1. The predicted octanol–water partition coefficient (Wildman–Crippen LogP) is 0.202. The lowest BCUT2D eigenvalue weighted by Gasteiger charge is -2.16. The van der Waals surface area contributed by atoms with Crippen LogP contribution in [0.4, 0.5) is 4.79 Å². The van der Waals surface area contributed by atoms with Gasteiger partial charge in [0, 0.05) is 6.04 Å². The van der Waals surface area contributed by atoms with Crippen molar-refractivity contribution in [2.24, 2.45) is 0 Å². The van der Waals surface area contributed by atoms with Crippen LogP contribution in [-0.4, -0.2) is 53.3 Å². The maximum absolute atomic E-state index is 12.2. The Morgan fingerprint density at radius 2 is 1.73 bits per heavy atom. The number of imide groups is 2. The molecule has 1 aliphatic heterocycles. The Morgan fingerprint density at radius 1 is 1.15 bits per heavy atom. The number of hydrogen-bond donors (Lipinski definition) is 2. The molecule has 1 heterocycles. The molecule has 1 saturated carbocycles. The highest BCUT2D eigenvalue weighted by molar-refractivity contribution is 6.22. The Labute approximate surface area is 148 Å². The first-order chi connectivity index (χ1) is 12.4. The lowest BCUT2D eigenvalue weighted by atomic mass is 10.1. The first kappa shape index (κ1) is 17.6. The Balaban J connectivity index is 1.52. The van der Waals surface area contributed by atoms with Gasteiger partial charge in [0.2, 0.25) is 0 Å². The summed E-state index contributed by atoms with van der Waals surface area (Å²) in [4.78, 5) is 60.4. The fourth-order valence-corrected chi connectivity index (χ4v) is 2.46. The minimum atomic E-state index is -1.25. The molecule has 1 atom stereocenters. The average molecular weight is 359 g/mol. The van der Waals surface area contributed by atoms with E-state index in [1.807, 2.05) is 0 Å². The molecule has 5 amide bonds. The van der Waals surface area contributed by atoms with Gasteiger partial charge in [0.15, 0.2) is 6.10 Å². The zero-order chi connectivity index (χ0) is 18.8. The number of nitrogens with zero attached hydrogens (tertiary/aromatic N) is 1. The summed E-state index contributed by atoms with van der Waals surface area (Å²) in [5.41, 5.74) is 0.431. The highest BCUT2D eigenvalue weighted by Crippen LogP contribution is 2.22. The minimum Gasteiger partial charge on any atom is -0.451 e. The van der Waals surface area contributed by atoms with E-state index in [0.29, 0.717) is 0 Å². The molecular weight excluding hydrogens is 342 g/mol. The highest BCUT2D eigenvalue weighted by Gasteiger charge is 2.37. The fraction of sp³-hybridized carbons (Fsp3) is 0.353. The molecule has 1 fully saturated rings. The molecule has 0 bridgehead atoms. The van der Waals surface area contributed by atoms with Gasteiger partial charge in [-0.1, -0.05) is 12.1 Å². The number of hydrogen-bond acceptors (Lipinski definition) is 6. The summed E-state index contributed by atoms with van der Waals surface area (Å²) in [6, 6.07) is 5.65. The number of carbonyl (C=O) groups is 5. The van der Waals surface area contributed by atoms with Crippen molar-refractivity contribution in [1.29, 1.82) is 0 Å². The first-order valence-electron chi connectivity index (χ1n) is 8.13. The molecule has 3 rings (SSSR count). The maximum Gasteiger partial charge on any atom is 0.326 e. The number of ether oxygens (including phenoxy) is 1. The molecule has 2 aliphatic rings. The maximum atomic E-state index is 12.2. The van der Waals surface area contributed by atoms with E-state index in [9.17, 15) is 24.0 Å². The number of carbonyl (C=O) groups excluding carboxylic acids is 5. The molecule has 1 aromatic carbocycles. The van der Waals surface area contributed by atoms with Gasteiger partial charge in [0.05, 0.1) is 11.1 Å². The van der Waals surface area contributed by atoms with Gasteiger partial charge in [0.1, 0.15) is 6.54 Å². The van der Waals surface area contributed by atoms with Crippen LogP contribution >= 0.6 is 0 Å². The first-order valence-corrected chi connectivity index (χ1v) is 8.13. The van der Waals surface area contributed by atoms with Crippen molar-refractivity contribution in [1.82, 2.24) is 15.5 Å². The second kappa shape index (κ2) is 6.95. The second-order valence-corrected chi connectivity index (χ2v) is 6.11. The third-order valence-corrected chi connectivity index (χ3v) is 3.99. The monoisotopic (exact) mass is 359 g/mol. The van der Waals surface area contributed by atoms with Crippen LogP contribution in [0.3, 0.4) is 0 Å². The molecule has 0 aromatic heterocycles. The van der Waals surface area contributed by atoms with Crippen LogP contribution in [0.15, 0.2) is 24.3 Å². The molecule has 2 N–H and O–H groups in total. The number of rotatable bonds is 5. The third-order valence-electron chi connectivity index (χ3n) is 3.99. The molecule has 9 heteroatoms. The van der Waals surface area contributed by atoms with Gasteiger partial charge >= 0.3 is 12.0 Å². The number of nitrogens with one attached hydrogen (secondary N) is 2. The van der Waals surface area contributed by atoms with E-state index in [-0.39, 0.29) is 17.2 Å². The lowest BCUT2D eigenvalue weighted by Crippen LogP contribution is -2.46. The molecule has 0 spiro atoms. The van der Waals surface area contributed by atoms with Crippen LogP contribution < -0.4 is 10.6 Å². The average Bonchev–Trinajstić information content (AvgIpc) is 3.38. The number of urea groups is 1. The van der Waals surface area contributed by atoms with E-state index >= 15 is 0 Å². The summed E-state index contributed by atoms with van der Waals surface area (Å²) in [5.74, 6) is -2.91. The van der Waals surface area contributed by atoms with Crippen LogP contribution in [0, 0.1) is 0 Å². The van der Waals surface area contributed by atoms with Crippen molar-refractivity contribution >= 4 is 29.7 Å². The molecular formula is C17H17N3O6. The Kier molecular flexibility index (Phi) is 4.70. The standard InChI is InChI=1S/C17H17N3O6/c1-9(14(22)19-17(25)18-10-6-7-10)26-13(21)8-20-15(23)11-4-2-3-5-12(11)16(20)24/h2-5,9-10H,6-8H2,1H3,(H2,18,19,22,25). The smallest absolute Gasteiger partial charge is 0.326 e. The number of benzene rings is 1. The van der Waals surface area contributed by atoms with Gasteiger partial charge < -0.3 is 10.1 Å². The molecule has 136 valence electrons. The predicted molar refractivity (Wildman–Crippen MR) is 87.1 cm³/mol. The van der Waals surface area contributed by atoms with Crippen LogP contribution in [0.2, 0.25) is 0 Å². The van der Waals surface area contributed by atoms with E-state index in [0.717, 1.165) is 17.7 Å². The van der Waals surface area contributed by atoms with Gasteiger partial charge in [0.25, 0.3) is 17.7 Å². The van der Waals surface area contributed by atoms with Crippen molar-refractivity contribution in [3.63, 3.8) is 0 Å². The van der Waals surface area contributed by atoms with Crippen molar-refractivity contribution in [2.45, 2.75) is 31.9 Å². The van der Waals surface area contributed by atoms with Gasteiger partial charge in [-0.2, -0.15) is 0 Å². The molecule has 1 aliphatic carbocycles. The summed E-state index contributed by atoms with van der Waals surface area (Å²) in [5, 5.41) is 4.63. The van der Waals surface area contributed by atoms with Gasteiger partial charge in [-0.05, 0) is 31.9 Å². The summed E-state index contributed by atoms with van der Waals surface area (Å²) < 4.78 is 4.91.